The highest BCUT2D eigenvalue weighted by Gasteiger charge is 2.13. The van der Waals surface area contributed by atoms with Crippen molar-refractivity contribution in [2.45, 2.75) is 12.8 Å². The van der Waals surface area contributed by atoms with Crippen LogP contribution in [0.1, 0.15) is 12.0 Å². The molecule has 1 aromatic carbocycles. The summed E-state index contributed by atoms with van der Waals surface area (Å²) in [6, 6.07) is 10.3. The zero-order valence-corrected chi connectivity index (χ0v) is 13.6. The lowest BCUT2D eigenvalue weighted by Gasteiger charge is -2.17. The fourth-order valence-electron chi connectivity index (χ4n) is 2.55. The summed E-state index contributed by atoms with van der Waals surface area (Å²) in [6.07, 6.45) is 4.89. The number of rotatable bonds is 7. The number of aryl methyl sites for hydroxylation is 1. The number of hydrogen-bond donors (Lipinski definition) is 2. The van der Waals surface area contributed by atoms with Gasteiger partial charge in [-0.1, -0.05) is 30.3 Å². The first-order valence-corrected chi connectivity index (χ1v) is 7.90. The summed E-state index contributed by atoms with van der Waals surface area (Å²) in [5.74, 6) is 0.633. The number of likely N-dealkylation sites (N-methyl/N-ethyl adjacent to an activating group) is 1. The first-order chi connectivity index (χ1) is 11.7. The molecule has 0 spiro atoms. The Bertz CT molecular complexity index is 801. The second-order valence-corrected chi connectivity index (χ2v) is 5.59. The number of hydrogen-bond acceptors (Lipinski definition) is 5. The van der Waals surface area contributed by atoms with Crippen molar-refractivity contribution in [3.8, 4) is 0 Å². The Hall–Kier alpha value is -2.96. The van der Waals surface area contributed by atoms with Crippen molar-refractivity contribution in [2.24, 2.45) is 0 Å². The summed E-state index contributed by atoms with van der Waals surface area (Å²) >= 11 is 0. The Morgan fingerprint density at radius 1 is 1.21 bits per heavy atom. The summed E-state index contributed by atoms with van der Waals surface area (Å²) < 4.78 is 0. The van der Waals surface area contributed by atoms with E-state index < -0.39 is 0 Å². The molecule has 0 radical (unpaired) electrons. The van der Waals surface area contributed by atoms with Crippen LogP contribution in [0.2, 0.25) is 0 Å². The Morgan fingerprint density at radius 2 is 2.04 bits per heavy atom. The molecule has 0 saturated heterocycles. The largest absolute Gasteiger partial charge is 0.355 e. The van der Waals surface area contributed by atoms with E-state index >= 15 is 0 Å². The van der Waals surface area contributed by atoms with E-state index in [0.29, 0.717) is 18.0 Å². The highest BCUT2D eigenvalue weighted by atomic mass is 16.2. The van der Waals surface area contributed by atoms with Gasteiger partial charge in [0.2, 0.25) is 5.91 Å². The number of benzene rings is 1. The predicted molar refractivity (Wildman–Crippen MR) is 92.7 cm³/mol. The lowest BCUT2D eigenvalue weighted by atomic mass is 10.1. The number of carbonyl (C=O) groups is 1. The highest BCUT2D eigenvalue weighted by Crippen LogP contribution is 2.17. The molecule has 0 unspecified atom stereocenters. The molecule has 7 heteroatoms. The van der Waals surface area contributed by atoms with E-state index in [0.717, 1.165) is 18.4 Å². The van der Waals surface area contributed by atoms with Crippen LogP contribution in [0.3, 0.4) is 0 Å². The van der Waals surface area contributed by atoms with Crippen molar-refractivity contribution >= 4 is 22.9 Å². The van der Waals surface area contributed by atoms with Crippen molar-refractivity contribution in [3.05, 3.63) is 48.5 Å². The molecule has 0 atom stereocenters. The lowest BCUT2D eigenvalue weighted by Crippen LogP contribution is -2.36. The van der Waals surface area contributed by atoms with Gasteiger partial charge in [0.05, 0.1) is 12.9 Å². The number of fused-ring (bicyclic) bond motifs is 1. The van der Waals surface area contributed by atoms with Crippen LogP contribution in [0.15, 0.2) is 43.0 Å². The quantitative estimate of drug-likeness (QED) is 0.644. The number of H-pyrrole nitrogens is 1. The molecule has 24 heavy (non-hydrogen) atoms. The van der Waals surface area contributed by atoms with E-state index in [1.54, 1.807) is 11.2 Å². The van der Waals surface area contributed by atoms with Crippen LogP contribution in [-0.4, -0.2) is 46.0 Å². The summed E-state index contributed by atoms with van der Waals surface area (Å²) in [5, 5.41) is 2.95. The Morgan fingerprint density at radius 3 is 2.88 bits per heavy atom. The van der Waals surface area contributed by atoms with Gasteiger partial charge in [-0.25, -0.2) is 15.0 Å². The normalized spacial score (nSPS) is 10.7. The van der Waals surface area contributed by atoms with Gasteiger partial charge in [-0.2, -0.15) is 0 Å². The number of carbonyl (C=O) groups excluding carboxylic acids is 1. The van der Waals surface area contributed by atoms with Crippen molar-refractivity contribution in [3.63, 3.8) is 0 Å². The fraction of sp³-hybridized carbons (Fsp3) is 0.294. The number of anilines is 1. The molecule has 7 nitrogen and oxygen atoms in total. The minimum absolute atomic E-state index is 0.0307. The van der Waals surface area contributed by atoms with Crippen LogP contribution in [-0.2, 0) is 11.2 Å². The van der Waals surface area contributed by atoms with Crippen LogP contribution in [0.4, 0.5) is 5.82 Å². The van der Waals surface area contributed by atoms with Crippen molar-refractivity contribution in [1.29, 1.82) is 0 Å². The van der Waals surface area contributed by atoms with Crippen molar-refractivity contribution in [2.75, 3.05) is 25.0 Å². The number of imidazole rings is 1. The Kier molecular flexibility index (Phi) is 5.00. The molecule has 0 aliphatic heterocycles. The number of amides is 1. The molecule has 0 aliphatic carbocycles. The van der Waals surface area contributed by atoms with Gasteiger partial charge in [-0.3, -0.25) is 4.79 Å². The number of nitrogens with one attached hydrogen (secondary N) is 2. The van der Waals surface area contributed by atoms with Crippen molar-refractivity contribution in [1.82, 2.24) is 25.3 Å². The molecule has 3 aromatic rings. The highest BCUT2D eigenvalue weighted by molar-refractivity contribution is 5.86. The Balaban J connectivity index is 1.47. The average molecular weight is 324 g/mol. The van der Waals surface area contributed by atoms with Crippen LogP contribution in [0, 0.1) is 0 Å². The average Bonchev–Trinajstić information content (AvgIpc) is 3.08. The maximum Gasteiger partial charge on any atom is 0.239 e. The van der Waals surface area contributed by atoms with Gasteiger partial charge in [0.1, 0.15) is 11.8 Å². The molecule has 2 heterocycles. The lowest BCUT2D eigenvalue weighted by molar-refractivity contribution is -0.119. The molecule has 0 bridgehead atoms. The SMILES string of the molecule is CN(CC(=O)NCCCc1ccccc1)c1ncnc2nc[nH]c12. The molecule has 2 N–H and O–H groups in total. The van der Waals surface area contributed by atoms with Gasteiger partial charge in [0, 0.05) is 13.6 Å². The number of nitrogens with zero attached hydrogens (tertiary/aromatic N) is 4. The number of aromatic nitrogens is 4. The maximum absolute atomic E-state index is 12.1. The van der Waals surface area contributed by atoms with Crippen LogP contribution in [0.5, 0.6) is 0 Å². The second-order valence-electron chi connectivity index (χ2n) is 5.59. The van der Waals surface area contributed by atoms with E-state index in [9.17, 15) is 4.79 Å². The van der Waals surface area contributed by atoms with Crippen LogP contribution in [0.25, 0.3) is 11.2 Å². The first-order valence-electron chi connectivity index (χ1n) is 7.90. The molecule has 2 aromatic heterocycles. The summed E-state index contributed by atoms with van der Waals surface area (Å²) in [4.78, 5) is 29.3. The monoisotopic (exact) mass is 324 g/mol. The summed E-state index contributed by atoms with van der Waals surface area (Å²) in [5.41, 5.74) is 2.61. The zero-order chi connectivity index (χ0) is 16.8. The van der Waals surface area contributed by atoms with Crippen LogP contribution < -0.4 is 10.2 Å². The van der Waals surface area contributed by atoms with Gasteiger partial charge >= 0.3 is 0 Å². The fourth-order valence-corrected chi connectivity index (χ4v) is 2.55. The predicted octanol–water partition coefficient (Wildman–Crippen LogP) is 1.54. The third-order valence-corrected chi connectivity index (χ3v) is 3.75. The maximum atomic E-state index is 12.1. The molecule has 0 saturated carbocycles. The standard InChI is InChI=1S/C17H20N6O/c1-23(17-15-16(20-11-19-15)21-12-22-17)10-14(24)18-9-5-8-13-6-3-2-4-7-13/h2-4,6-7,11-12H,5,8-10H2,1H3,(H,18,24)(H,19,20,21,22). The smallest absolute Gasteiger partial charge is 0.239 e. The van der Waals surface area contributed by atoms with Crippen LogP contribution >= 0.6 is 0 Å². The molecule has 124 valence electrons. The molecule has 1 amide bonds. The van der Waals surface area contributed by atoms with E-state index in [-0.39, 0.29) is 12.5 Å². The van der Waals surface area contributed by atoms with E-state index in [4.69, 9.17) is 0 Å². The van der Waals surface area contributed by atoms with E-state index in [1.165, 1.54) is 11.9 Å². The molecule has 0 fully saturated rings. The molecular formula is C17H20N6O. The van der Waals surface area contributed by atoms with E-state index in [2.05, 4.69) is 37.4 Å². The summed E-state index contributed by atoms with van der Waals surface area (Å²) in [7, 11) is 1.83. The third kappa shape index (κ3) is 3.87. The topological polar surface area (TPSA) is 86.8 Å². The van der Waals surface area contributed by atoms with Crippen molar-refractivity contribution < 1.29 is 4.79 Å². The van der Waals surface area contributed by atoms with E-state index in [1.807, 2.05) is 25.2 Å². The van der Waals surface area contributed by atoms with Gasteiger partial charge in [0.25, 0.3) is 0 Å². The van der Waals surface area contributed by atoms with Gasteiger partial charge in [0.15, 0.2) is 11.5 Å². The minimum Gasteiger partial charge on any atom is -0.355 e. The minimum atomic E-state index is -0.0307. The zero-order valence-electron chi connectivity index (χ0n) is 13.6. The molecule has 0 aliphatic rings. The van der Waals surface area contributed by atoms with Gasteiger partial charge in [-0.05, 0) is 18.4 Å². The first kappa shape index (κ1) is 15.9. The molecule has 3 rings (SSSR count). The Labute approximate surface area is 140 Å². The van der Waals surface area contributed by atoms with Gasteiger partial charge < -0.3 is 15.2 Å². The molecular weight excluding hydrogens is 304 g/mol. The van der Waals surface area contributed by atoms with Gasteiger partial charge in [-0.15, -0.1) is 0 Å². The summed E-state index contributed by atoms with van der Waals surface area (Å²) in [6.45, 7) is 0.890. The second kappa shape index (κ2) is 7.54. The third-order valence-electron chi connectivity index (χ3n) is 3.75. The number of aromatic amines is 1.